The Morgan fingerprint density at radius 1 is 1.55 bits per heavy atom. The molecule has 0 N–H and O–H groups in total. The van der Waals surface area contributed by atoms with Crippen LogP contribution in [0.1, 0.15) is 26.7 Å². The Balaban J connectivity index is 2.77. The number of nitrogens with zero attached hydrogens (tertiary/aromatic N) is 2. The average Bonchev–Trinajstić information content (AvgIpc) is 2.04. The maximum atomic E-state index is 10.8. The van der Waals surface area contributed by atoms with Crippen LogP contribution in [0, 0.1) is 0 Å². The molecule has 1 rings (SSSR count). The zero-order chi connectivity index (χ0) is 8.27. The molecule has 1 atom stereocenters. The maximum Gasteiger partial charge on any atom is 0.287 e. The van der Waals surface area contributed by atoms with Crippen molar-refractivity contribution in [2.75, 3.05) is 0 Å². The molecule has 1 amide bonds. The van der Waals surface area contributed by atoms with Crippen LogP contribution >= 0.6 is 0 Å². The van der Waals surface area contributed by atoms with Gasteiger partial charge < -0.3 is 0 Å². The zero-order valence-corrected chi connectivity index (χ0v) is 6.87. The van der Waals surface area contributed by atoms with Crippen molar-refractivity contribution in [2.24, 2.45) is 9.98 Å². The lowest BCUT2D eigenvalue weighted by atomic mass is 10.1. The van der Waals surface area contributed by atoms with E-state index in [0.717, 1.165) is 18.6 Å². The predicted octanol–water partition coefficient (Wildman–Crippen LogP) is 1.23. The topological polar surface area (TPSA) is 41.8 Å². The Kier molecular flexibility index (Phi) is 2.52. The number of hydrogen-bond donors (Lipinski definition) is 0. The van der Waals surface area contributed by atoms with Gasteiger partial charge in [-0.2, -0.15) is 0 Å². The second-order valence-corrected chi connectivity index (χ2v) is 2.50. The van der Waals surface area contributed by atoms with Gasteiger partial charge in [0, 0.05) is 5.71 Å². The molecule has 60 valence electrons. The number of amides is 1. The molecule has 0 saturated heterocycles. The van der Waals surface area contributed by atoms with Crippen molar-refractivity contribution in [3.63, 3.8) is 0 Å². The number of aliphatic imine (C=N–C) groups is 2. The highest BCUT2D eigenvalue weighted by atomic mass is 16.1. The minimum absolute atomic E-state index is 0.151. The summed E-state index contributed by atoms with van der Waals surface area (Å²) < 4.78 is 0. The summed E-state index contributed by atoms with van der Waals surface area (Å²) in [5.41, 5.74) is 0.917. The summed E-state index contributed by atoms with van der Waals surface area (Å²) in [6, 6.07) is 0.151. The van der Waals surface area contributed by atoms with Crippen LogP contribution in [0.25, 0.3) is 0 Å². The van der Waals surface area contributed by atoms with E-state index in [0.29, 0.717) is 0 Å². The minimum atomic E-state index is -0.216. The van der Waals surface area contributed by atoms with Gasteiger partial charge in [-0.25, -0.2) is 4.99 Å². The van der Waals surface area contributed by atoms with Crippen LogP contribution in [0.15, 0.2) is 9.98 Å². The first kappa shape index (κ1) is 8.11. The van der Waals surface area contributed by atoms with Gasteiger partial charge in [-0.05, 0) is 12.8 Å². The van der Waals surface area contributed by atoms with Gasteiger partial charge in [0.15, 0.2) is 0 Å². The highest BCUT2D eigenvalue weighted by Gasteiger charge is 2.15. The van der Waals surface area contributed by atoms with Crippen LogP contribution in [0.3, 0.4) is 0 Å². The van der Waals surface area contributed by atoms with Crippen molar-refractivity contribution in [3.8, 4) is 0 Å². The summed E-state index contributed by atoms with van der Waals surface area (Å²) >= 11 is 0. The van der Waals surface area contributed by atoms with Crippen molar-refractivity contribution >= 4 is 17.8 Å². The van der Waals surface area contributed by atoms with E-state index in [4.69, 9.17) is 0 Å². The third kappa shape index (κ3) is 1.73. The first-order valence-corrected chi connectivity index (χ1v) is 3.92. The van der Waals surface area contributed by atoms with Crippen LogP contribution in [0.5, 0.6) is 0 Å². The van der Waals surface area contributed by atoms with E-state index < -0.39 is 0 Å². The lowest BCUT2D eigenvalue weighted by Gasteiger charge is -2.13. The molecule has 0 aromatic carbocycles. The third-order valence-electron chi connectivity index (χ3n) is 1.75. The molecule has 3 nitrogen and oxygen atoms in total. The zero-order valence-electron chi connectivity index (χ0n) is 6.87. The van der Waals surface area contributed by atoms with Crippen molar-refractivity contribution in [2.45, 2.75) is 32.7 Å². The van der Waals surface area contributed by atoms with Gasteiger partial charge in [-0.3, -0.25) is 9.79 Å². The number of carbonyl (C=O) groups is 1. The molecule has 0 saturated carbocycles. The second kappa shape index (κ2) is 3.42. The molecule has 0 bridgehead atoms. The lowest BCUT2D eigenvalue weighted by Crippen LogP contribution is -2.23. The molecule has 11 heavy (non-hydrogen) atoms. The Labute approximate surface area is 66.2 Å². The monoisotopic (exact) mass is 152 g/mol. The molecule has 0 aromatic rings. The van der Waals surface area contributed by atoms with Crippen LogP contribution in [-0.4, -0.2) is 23.9 Å². The van der Waals surface area contributed by atoms with Crippen LogP contribution < -0.4 is 0 Å². The molecule has 0 spiro atoms. The largest absolute Gasteiger partial charge is 0.287 e. The van der Waals surface area contributed by atoms with Gasteiger partial charge in [0.05, 0.1) is 12.3 Å². The van der Waals surface area contributed by atoms with Gasteiger partial charge in [-0.15, -0.1) is 0 Å². The van der Waals surface area contributed by atoms with Crippen molar-refractivity contribution in [1.82, 2.24) is 0 Å². The summed E-state index contributed by atoms with van der Waals surface area (Å²) in [7, 11) is 0. The quantitative estimate of drug-likeness (QED) is 0.586. The number of carbonyl (C=O) groups excluding carboxylic acids is 1. The molecule has 0 radical (unpaired) electrons. The van der Waals surface area contributed by atoms with Crippen molar-refractivity contribution in [3.05, 3.63) is 0 Å². The Hall–Kier alpha value is -0.990. The summed E-state index contributed by atoms with van der Waals surface area (Å²) in [5.74, 6) is -0.216. The Bertz CT molecular complexity index is 218. The van der Waals surface area contributed by atoms with Gasteiger partial charge in [0.25, 0.3) is 5.91 Å². The van der Waals surface area contributed by atoms with Crippen LogP contribution in [0.4, 0.5) is 0 Å². The standard InChI is InChI=1S/C8H12N2O/c1-3-6-7(4-2)10-8(11)5-9-6/h5-6H,3-4H2,1-2H3. The lowest BCUT2D eigenvalue weighted by molar-refractivity contribution is -0.111. The van der Waals surface area contributed by atoms with E-state index in [1.165, 1.54) is 6.21 Å². The second-order valence-electron chi connectivity index (χ2n) is 2.50. The van der Waals surface area contributed by atoms with Crippen LogP contribution in [-0.2, 0) is 4.79 Å². The van der Waals surface area contributed by atoms with E-state index in [2.05, 4.69) is 9.98 Å². The summed E-state index contributed by atoms with van der Waals surface area (Å²) in [5, 5.41) is 0. The first-order valence-electron chi connectivity index (χ1n) is 3.92. The number of rotatable bonds is 2. The molecule has 1 unspecified atom stereocenters. The van der Waals surface area contributed by atoms with Gasteiger partial charge >= 0.3 is 0 Å². The highest BCUT2D eigenvalue weighted by Crippen LogP contribution is 2.07. The average molecular weight is 152 g/mol. The SMILES string of the molecule is CCC1=NC(=O)C=NC1CC. The first-order chi connectivity index (χ1) is 5.27. The van der Waals surface area contributed by atoms with Gasteiger partial charge in [-0.1, -0.05) is 13.8 Å². The molecule has 1 heterocycles. The van der Waals surface area contributed by atoms with Gasteiger partial charge in [0.1, 0.15) is 0 Å². The maximum absolute atomic E-state index is 10.8. The van der Waals surface area contributed by atoms with Gasteiger partial charge in [0.2, 0.25) is 0 Å². The highest BCUT2D eigenvalue weighted by molar-refractivity contribution is 6.31. The van der Waals surface area contributed by atoms with Crippen molar-refractivity contribution < 1.29 is 4.79 Å². The summed E-state index contributed by atoms with van der Waals surface area (Å²) in [6.07, 6.45) is 3.06. The Morgan fingerprint density at radius 2 is 2.27 bits per heavy atom. The van der Waals surface area contributed by atoms with E-state index in [1.807, 2.05) is 13.8 Å². The third-order valence-corrected chi connectivity index (χ3v) is 1.75. The fraction of sp³-hybridized carbons (Fsp3) is 0.625. The Morgan fingerprint density at radius 3 is 2.82 bits per heavy atom. The summed E-state index contributed by atoms with van der Waals surface area (Å²) in [6.45, 7) is 4.04. The molecular weight excluding hydrogens is 140 g/mol. The van der Waals surface area contributed by atoms with E-state index in [-0.39, 0.29) is 11.9 Å². The fourth-order valence-corrected chi connectivity index (χ4v) is 1.14. The fourth-order valence-electron chi connectivity index (χ4n) is 1.14. The molecule has 3 heteroatoms. The minimum Gasteiger partial charge on any atom is -0.278 e. The molecule has 0 fully saturated rings. The van der Waals surface area contributed by atoms with Crippen molar-refractivity contribution in [1.29, 1.82) is 0 Å². The molecule has 0 aromatic heterocycles. The number of hydrogen-bond acceptors (Lipinski definition) is 2. The molecule has 0 aliphatic carbocycles. The molecule has 1 aliphatic rings. The van der Waals surface area contributed by atoms with E-state index >= 15 is 0 Å². The molecular formula is C8H12N2O. The van der Waals surface area contributed by atoms with E-state index in [9.17, 15) is 4.79 Å². The molecule has 1 aliphatic heterocycles. The normalized spacial score (nSPS) is 23.6. The van der Waals surface area contributed by atoms with Crippen LogP contribution in [0.2, 0.25) is 0 Å². The predicted molar refractivity (Wildman–Crippen MR) is 45.3 cm³/mol. The summed E-state index contributed by atoms with van der Waals surface area (Å²) in [4.78, 5) is 18.7. The smallest absolute Gasteiger partial charge is 0.278 e. The van der Waals surface area contributed by atoms with E-state index in [1.54, 1.807) is 0 Å².